The van der Waals surface area contributed by atoms with Crippen LogP contribution in [0.2, 0.25) is 0 Å². The molecule has 3 unspecified atom stereocenters. The second-order valence-electron chi connectivity index (χ2n) is 13.8. The van der Waals surface area contributed by atoms with Crippen molar-refractivity contribution in [1.82, 2.24) is 9.62 Å². The number of ether oxygens (including phenoxy) is 3. The fourth-order valence-electron chi connectivity index (χ4n) is 5.06. The average molecular weight is 836 g/mol. The molecule has 1 aromatic rings. The Labute approximate surface area is 326 Å². The van der Waals surface area contributed by atoms with E-state index in [1.165, 1.54) is 57.7 Å². The average Bonchev–Trinajstić information content (AvgIpc) is 3.18. The largest absolute Gasteiger partial charge is 3.00 e. The molecule has 1 fully saturated rings. The van der Waals surface area contributed by atoms with Gasteiger partial charge in [-0.05, 0) is 58.7 Å². The van der Waals surface area contributed by atoms with Crippen LogP contribution in [0.3, 0.4) is 0 Å². The Kier molecular flexibility index (Phi) is 19.1. The van der Waals surface area contributed by atoms with Gasteiger partial charge in [-0.25, -0.2) is 19.2 Å². The number of rotatable bonds is 20. The number of hydrogen-bond donors (Lipinski definition) is 2. The molecule has 1 aromatic carbocycles. The molecule has 2 rings (SSSR count). The van der Waals surface area contributed by atoms with E-state index in [-0.39, 0.29) is 64.8 Å². The van der Waals surface area contributed by atoms with Crippen molar-refractivity contribution in [2.75, 3.05) is 11.9 Å². The van der Waals surface area contributed by atoms with E-state index in [9.17, 15) is 32.7 Å². The molecular formula is C34H52N3O10PrS+2. The van der Waals surface area contributed by atoms with E-state index < -0.39 is 70.2 Å². The number of ketones is 1. The van der Waals surface area contributed by atoms with Crippen LogP contribution < -0.4 is 14.8 Å². The van der Waals surface area contributed by atoms with Crippen LogP contribution in [-0.4, -0.2) is 73.7 Å². The molecule has 0 spiro atoms. The maximum absolute atomic E-state index is 13.7. The SMILES string of the molecule is CCCCCCCCCCC(CNS(=O)[O-])OC(=O)c1ccc(NC(=O)C(C(=O)C(C)(C)C)N2C(=O)OC(C)(C)C2=O)c(OC(C)C)c1.[Pr+3]. The zero-order chi connectivity index (χ0) is 36.2. The minimum absolute atomic E-state index is 0. The minimum Gasteiger partial charge on any atom is -0.760 e. The van der Waals surface area contributed by atoms with E-state index in [4.69, 9.17) is 14.2 Å². The second-order valence-corrected chi connectivity index (χ2v) is 14.6. The van der Waals surface area contributed by atoms with Crippen LogP contribution in [0, 0.1) is 46.7 Å². The number of Topliss-reactive ketones (excluding diaryl/α,β-unsaturated/α-hetero) is 1. The van der Waals surface area contributed by atoms with Crippen molar-refractivity contribution < 1.29 is 88.2 Å². The minimum atomic E-state index is -2.53. The van der Waals surface area contributed by atoms with E-state index >= 15 is 0 Å². The van der Waals surface area contributed by atoms with Gasteiger partial charge in [0.05, 0.1) is 17.4 Å². The molecule has 270 valence electrons. The van der Waals surface area contributed by atoms with Gasteiger partial charge in [-0.2, -0.15) is 0 Å². The van der Waals surface area contributed by atoms with E-state index in [1.807, 2.05) is 0 Å². The quantitative estimate of drug-likeness (QED) is 0.0728. The van der Waals surface area contributed by atoms with Crippen molar-refractivity contribution in [2.24, 2.45) is 5.41 Å². The summed E-state index contributed by atoms with van der Waals surface area (Å²) in [6.45, 7) is 13.0. The molecule has 0 bridgehead atoms. The molecule has 1 aliphatic heterocycles. The van der Waals surface area contributed by atoms with Crippen LogP contribution in [0.4, 0.5) is 10.5 Å². The van der Waals surface area contributed by atoms with Crippen LogP contribution in [0.5, 0.6) is 5.75 Å². The molecular weight excluding hydrogens is 783 g/mol. The van der Waals surface area contributed by atoms with Crippen LogP contribution >= 0.6 is 0 Å². The summed E-state index contributed by atoms with van der Waals surface area (Å²) in [6, 6.07) is 2.30. The predicted octanol–water partition coefficient (Wildman–Crippen LogP) is 5.59. The number of imide groups is 1. The number of carbonyl (C=O) groups is 5. The van der Waals surface area contributed by atoms with Crippen molar-refractivity contribution >= 4 is 46.6 Å². The molecule has 0 radical (unpaired) electrons. The Morgan fingerprint density at radius 3 is 2.12 bits per heavy atom. The van der Waals surface area contributed by atoms with Gasteiger partial charge in [0.25, 0.3) is 11.8 Å². The third-order valence-corrected chi connectivity index (χ3v) is 8.09. The van der Waals surface area contributed by atoms with Gasteiger partial charge in [0.15, 0.2) is 17.4 Å². The monoisotopic (exact) mass is 835 g/mol. The van der Waals surface area contributed by atoms with Gasteiger partial charge in [0, 0.05) is 23.2 Å². The number of cyclic esters (lactones) is 1. The summed E-state index contributed by atoms with van der Waals surface area (Å²) in [7, 11) is 0. The van der Waals surface area contributed by atoms with Crippen molar-refractivity contribution in [1.29, 1.82) is 0 Å². The molecule has 15 heteroatoms. The molecule has 3 amide bonds. The van der Waals surface area contributed by atoms with Crippen LogP contribution in [0.1, 0.15) is 124 Å². The fourth-order valence-corrected chi connectivity index (χ4v) is 5.39. The number of anilines is 1. The number of benzene rings is 1. The molecule has 0 aliphatic carbocycles. The fraction of sp³-hybridized carbons (Fsp3) is 0.676. The van der Waals surface area contributed by atoms with Gasteiger partial charge in [-0.1, -0.05) is 72.6 Å². The molecule has 1 aliphatic rings. The molecule has 1 saturated heterocycles. The molecule has 3 atom stereocenters. The smallest absolute Gasteiger partial charge is 0.760 e. The summed E-state index contributed by atoms with van der Waals surface area (Å²) in [5.41, 5.74) is -2.52. The summed E-state index contributed by atoms with van der Waals surface area (Å²) in [5.74, 6) is -3.14. The van der Waals surface area contributed by atoms with Gasteiger partial charge in [-0.3, -0.25) is 18.6 Å². The maximum Gasteiger partial charge on any atom is 3.00 e. The second kappa shape index (κ2) is 20.8. The van der Waals surface area contributed by atoms with E-state index in [1.54, 1.807) is 34.6 Å². The number of unbranched alkanes of at least 4 members (excludes halogenated alkanes) is 7. The molecule has 13 nitrogen and oxygen atoms in total. The molecule has 0 aromatic heterocycles. The van der Waals surface area contributed by atoms with Crippen molar-refractivity contribution in [3.63, 3.8) is 0 Å². The zero-order valence-corrected chi connectivity index (χ0v) is 34.6. The number of esters is 1. The third kappa shape index (κ3) is 14.3. The summed E-state index contributed by atoms with van der Waals surface area (Å²) in [5, 5.41) is 2.59. The van der Waals surface area contributed by atoms with Crippen LogP contribution in [0.15, 0.2) is 18.2 Å². The number of amides is 3. The van der Waals surface area contributed by atoms with E-state index in [0.29, 0.717) is 11.3 Å². The molecule has 1 heterocycles. The first-order valence-corrected chi connectivity index (χ1v) is 17.7. The standard InChI is InChI=1S/C34H53N3O10S.Pr/c1-9-10-11-12-13-14-15-16-17-24(21-35-48(43)44)46-30(40)23-18-19-25(26(20-23)45-22(2)3)36-29(39)27(28(38)33(4,5)6)37-31(41)34(7,8)47-32(37)42;/h18-20,22,24,27,35H,9-17,21H2,1-8H3,(H,36,39)(H,43,44);/q;+3/p-1. The number of carbonyl (C=O) groups excluding carboxylic acids is 5. The first-order valence-electron chi connectivity index (χ1n) is 16.6. The first kappa shape index (κ1) is 45.0. The number of hydrogen-bond acceptors (Lipinski definition) is 10. The first-order chi connectivity index (χ1) is 22.4. The van der Waals surface area contributed by atoms with Crippen LogP contribution in [-0.2, 0) is 35.1 Å². The molecule has 49 heavy (non-hydrogen) atoms. The van der Waals surface area contributed by atoms with E-state index in [0.717, 1.165) is 25.7 Å². The van der Waals surface area contributed by atoms with Crippen LogP contribution in [0.25, 0.3) is 0 Å². The zero-order valence-electron chi connectivity index (χ0n) is 30.1. The Morgan fingerprint density at radius 1 is 1.02 bits per heavy atom. The Balaban J connectivity index is 0.0000120. The summed E-state index contributed by atoms with van der Waals surface area (Å²) in [4.78, 5) is 66.7. The number of nitrogens with zero attached hydrogens (tertiary/aromatic N) is 1. The Morgan fingerprint density at radius 2 is 1.61 bits per heavy atom. The topological polar surface area (TPSA) is 180 Å². The molecule has 2 N–H and O–H groups in total. The third-order valence-electron chi connectivity index (χ3n) is 7.69. The number of nitrogens with one attached hydrogen (secondary N) is 2. The Bertz CT molecular complexity index is 1330. The summed E-state index contributed by atoms with van der Waals surface area (Å²) in [6.07, 6.45) is 6.87. The summed E-state index contributed by atoms with van der Waals surface area (Å²) >= 11 is -2.53. The predicted molar refractivity (Wildman–Crippen MR) is 180 cm³/mol. The normalized spacial score (nSPS) is 16.0. The maximum atomic E-state index is 13.7. The van der Waals surface area contributed by atoms with Gasteiger partial charge >= 0.3 is 53.4 Å². The van der Waals surface area contributed by atoms with Crippen molar-refractivity contribution in [3.8, 4) is 5.75 Å². The van der Waals surface area contributed by atoms with Gasteiger partial charge < -0.3 is 24.1 Å². The van der Waals surface area contributed by atoms with Gasteiger partial charge in [-0.15, -0.1) is 0 Å². The van der Waals surface area contributed by atoms with Crippen molar-refractivity contribution in [2.45, 2.75) is 137 Å². The summed E-state index contributed by atoms with van der Waals surface area (Å²) < 4.78 is 41.3. The van der Waals surface area contributed by atoms with Gasteiger partial charge in [0.1, 0.15) is 11.9 Å². The van der Waals surface area contributed by atoms with E-state index in [2.05, 4.69) is 17.0 Å². The molecule has 0 saturated carbocycles. The Hall–Kier alpha value is -2.00. The van der Waals surface area contributed by atoms with Gasteiger partial charge in [0.2, 0.25) is 0 Å². The van der Waals surface area contributed by atoms with Crippen molar-refractivity contribution in [3.05, 3.63) is 23.8 Å².